The molecule has 0 spiro atoms. The second kappa shape index (κ2) is 10.9. The third kappa shape index (κ3) is 5.69. The standard InChI is InChI=1S/C29H30FN3O4/c1-19-13-22(8-10-24(19)30)25-11-9-23(17-33(25)29(35)32-15-20-5-3-2-4-6-20)28(34)31-16-21-7-12-26-27(14-21)37-18-36-26/h2-8,10,12-14,23,25H,9,11,15-18H2,1H3,(H,31,34)(H,32,35)/t23-,25+/m0/s1. The van der Waals surface area contributed by atoms with Crippen LogP contribution in [0.15, 0.2) is 66.7 Å². The summed E-state index contributed by atoms with van der Waals surface area (Å²) in [6, 6.07) is 19.7. The molecule has 3 aromatic carbocycles. The summed E-state index contributed by atoms with van der Waals surface area (Å²) in [4.78, 5) is 28.2. The van der Waals surface area contributed by atoms with Crippen LogP contribution in [-0.2, 0) is 17.9 Å². The lowest BCUT2D eigenvalue weighted by Gasteiger charge is -2.39. The molecule has 1 fully saturated rings. The molecular formula is C29H30FN3O4. The fourth-order valence-corrected chi connectivity index (χ4v) is 4.89. The van der Waals surface area contributed by atoms with Gasteiger partial charge >= 0.3 is 6.03 Å². The van der Waals surface area contributed by atoms with Crippen molar-refractivity contribution in [1.29, 1.82) is 0 Å². The Labute approximate surface area is 215 Å². The van der Waals surface area contributed by atoms with Gasteiger partial charge in [-0.3, -0.25) is 4.79 Å². The number of ether oxygens (including phenoxy) is 2. The monoisotopic (exact) mass is 503 g/mol. The van der Waals surface area contributed by atoms with Gasteiger partial charge in [-0.2, -0.15) is 0 Å². The summed E-state index contributed by atoms with van der Waals surface area (Å²) in [5.41, 5.74) is 3.30. The van der Waals surface area contributed by atoms with E-state index in [-0.39, 0.29) is 43.1 Å². The van der Waals surface area contributed by atoms with Gasteiger partial charge in [0, 0.05) is 19.6 Å². The second-order valence-corrected chi connectivity index (χ2v) is 9.50. The number of nitrogens with one attached hydrogen (secondary N) is 2. The minimum Gasteiger partial charge on any atom is -0.454 e. The topological polar surface area (TPSA) is 79.9 Å². The minimum atomic E-state index is -0.353. The maximum absolute atomic E-state index is 13.9. The van der Waals surface area contributed by atoms with Gasteiger partial charge in [0.15, 0.2) is 11.5 Å². The molecule has 2 atom stereocenters. The first-order valence-corrected chi connectivity index (χ1v) is 12.5. The number of amides is 3. The third-order valence-corrected chi connectivity index (χ3v) is 6.97. The first kappa shape index (κ1) is 24.6. The Bertz CT molecular complexity index is 1280. The minimum absolute atomic E-state index is 0.104. The number of piperidine rings is 1. The molecule has 0 unspecified atom stereocenters. The van der Waals surface area contributed by atoms with E-state index in [9.17, 15) is 14.0 Å². The summed E-state index contributed by atoms with van der Waals surface area (Å²) in [6.07, 6.45) is 1.22. The number of hydrogen-bond acceptors (Lipinski definition) is 4. The van der Waals surface area contributed by atoms with Crippen LogP contribution in [0.5, 0.6) is 11.5 Å². The molecule has 3 aromatic rings. The van der Waals surface area contributed by atoms with Crippen LogP contribution in [0, 0.1) is 18.7 Å². The summed E-state index contributed by atoms with van der Waals surface area (Å²) in [5, 5.41) is 6.00. The van der Waals surface area contributed by atoms with E-state index >= 15 is 0 Å². The maximum Gasteiger partial charge on any atom is 0.318 e. The number of urea groups is 1. The van der Waals surface area contributed by atoms with Crippen LogP contribution < -0.4 is 20.1 Å². The Morgan fingerprint density at radius 3 is 2.51 bits per heavy atom. The largest absolute Gasteiger partial charge is 0.454 e. The highest BCUT2D eigenvalue weighted by atomic mass is 19.1. The molecule has 192 valence electrons. The van der Waals surface area contributed by atoms with Gasteiger partial charge in [0.25, 0.3) is 0 Å². The number of likely N-dealkylation sites (tertiary alicyclic amines) is 1. The average Bonchev–Trinajstić information content (AvgIpc) is 3.40. The van der Waals surface area contributed by atoms with Gasteiger partial charge in [-0.25, -0.2) is 9.18 Å². The Morgan fingerprint density at radius 2 is 1.70 bits per heavy atom. The van der Waals surface area contributed by atoms with Gasteiger partial charge in [-0.15, -0.1) is 0 Å². The first-order valence-electron chi connectivity index (χ1n) is 12.5. The molecule has 2 N–H and O–H groups in total. The van der Waals surface area contributed by atoms with Gasteiger partial charge in [0.2, 0.25) is 12.7 Å². The van der Waals surface area contributed by atoms with Crippen LogP contribution in [0.2, 0.25) is 0 Å². The Morgan fingerprint density at radius 1 is 0.919 bits per heavy atom. The van der Waals surface area contributed by atoms with Crippen LogP contribution in [0.1, 0.15) is 41.1 Å². The number of rotatable bonds is 6. The number of halogens is 1. The molecule has 37 heavy (non-hydrogen) atoms. The fourth-order valence-electron chi connectivity index (χ4n) is 4.89. The highest BCUT2D eigenvalue weighted by molar-refractivity contribution is 5.81. The lowest BCUT2D eigenvalue weighted by molar-refractivity contribution is -0.126. The quantitative estimate of drug-likeness (QED) is 0.505. The molecule has 5 rings (SSSR count). The smallest absolute Gasteiger partial charge is 0.318 e. The predicted octanol–water partition coefficient (Wildman–Crippen LogP) is 4.84. The zero-order valence-electron chi connectivity index (χ0n) is 20.7. The summed E-state index contributed by atoms with van der Waals surface area (Å²) in [5.74, 6) is 0.631. The molecule has 2 aliphatic heterocycles. The van der Waals surface area contributed by atoms with Crippen LogP contribution in [-0.4, -0.2) is 30.2 Å². The third-order valence-electron chi connectivity index (χ3n) is 6.97. The van der Waals surface area contributed by atoms with Gasteiger partial charge in [-0.1, -0.05) is 48.5 Å². The lowest BCUT2D eigenvalue weighted by Crippen LogP contribution is -2.50. The molecule has 0 bridgehead atoms. The molecule has 2 heterocycles. The van der Waals surface area contributed by atoms with Crippen LogP contribution >= 0.6 is 0 Å². The summed E-state index contributed by atoms with van der Waals surface area (Å²) < 4.78 is 24.7. The van der Waals surface area contributed by atoms with Crippen molar-refractivity contribution in [1.82, 2.24) is 15.5 Å². The van der Waals surface area contributed by atoms with Crippen molar-refractivity contribution in [2.24, 2.45) is 5.92 Å². The highest BCUT2D eigenvalue weighted by Crippen LogP contribution is 2.35. The molecule has 2 aliphatic rings. The SMILES string of the molecule is Cc1cc([C@H]2CC[C@H](C(=O)NCc3ccc4c(c3)OCO4)CN2C(=O)NCc2ccccc2)ccc1F. The zero-order chi connectivity index (χ0) is 25.8. The number of aryl methyl sites for hydroxylation is 1. The van der Waals surface area contributed by atoms with E-state index in [1.807, 2.05) is 48.5 Å². The first-order chi connectivity index (χ1) is 18.0. The summed E-state index contributed by atoms with van der Waals surface area (Å²) in [6.45, 7) is 2.92. The van der Waals surface area contributed by atoms with Crippen molar-refractivity contribution in [2.45, 2.75) is 38.9 Å². The Kier molecular flexibility index (Phi) is 7.25. The van der Waals surface area contributed by atoms with E-state index in [1.54, 1.807) is 24.0 Å². The number of nitrogens with zero attached hydrogens (tertiary/aromatic N) is 1. The Balaban J connectivity index is 1.27. The fraction of sp³-hybridized carbons (Fsp3) is 0.310. The van der Waals surface area contributed by atoms with E-state index in [1.165, 1.54) is 6.07 Å². The van der Waals surface area contributed by atoms with Gasteiger partial charge in [0.05, 0.1) is 12.0 Å². The molecule has 8 heteroatoms. The van der Waals surface area contributed by atoms with Crippen molar-refractivity contribution in [3.8, 4) is 11.5 Å². The van der Waals surface area contributed by atoms with Gasteiger partial charge in [-0.05, 0) is 60.2 Å². The van der Waals surface area contributed by atoms with Gasteiger partial charge in [0.1, 0.15) is 5.82 Å². The molecule has 7 nitrogen and oxygen atoms in total. The van der Waals surface area contributed by atoms with E-state index in [0.717, 1.165) is 16.7 Å². The second-order valence-electron chi connectivity index (χ2n) is 9.50. The molecule has 0 aromatic heterocycles. The number of hydrogen-bond donors (Lipinski definition) is 2. The number of benzene rings is 3. The van der Waals surface area contributed by atoms with Crippen LogP contribution in [0.3, 0.4) is 0 Å². The van der Waals surface area contributed by atoms with Crippen LogP contribution in [0.4, 0.5) is 9.18 Å². The van der Waals surface area contributed by atoms with E-state index in [0.29, 0.717) is 43.0 Å². The molecular weight excluding hydrogens is 473 g/mol. The zero-order valence-corrected chi connectivity index (χ0v) is 20.7. The Hall–Kier alpha value is -4.07. The average molecular weight is 504 g/mol. The predicted molar refractivity (Wildman–Crippen MR) is 136 cm³/mol. The van der Waals surface area contributed by atoms with Crippen molar-refractivity contribution in [2.75, 3.05) is 13.3 Å². The molecule has 3 amide bonds. The van der Waals surface area contributed by atoms with E-state index in [4.69, 9.17) is 9.47 Å². The summed E-state index contributed by atoms with van der Waals surface area (Å²) >= 11 is 0. The van der Waals surface area contributed by atoms with E-state index in [2.05, 4.69) is 10.6 Å². The molecule has 0 aliphatic carbocycles. The highest BCUT2D eigenvalue weighted by Gasteiger charge is 2.35. The van der Waals surface area contributed by atoms with E-state index < -0.39 is 0 Å². The molecule has 0 radical (unpaired) electrons. The normalized spacial score (nSPS) is 18.4. The van der Waals surface area contributed by atoms with Crippen molar-refractivity contribution >= 4 is 11.9 Å². The van der Waals surface area contributed by atoms with Gasteiger partial charge < -0.3 is 25.0 Å². The lowest BCUT2D eigenvalue weighted by atomic mass is 9.88. The number of fused-ring (bicyclic) bond motifs is 1. The van der Waals surface area contributed by atoms with Crippen molar-refractivity contribution < 1.29 is 23.5 Å². The number of carbonyl (C=O) groups is 2. The van der Waals surface area contributed by atoms with Crippen LogP contribution in [0.25, 0.3) is 0 Å². The van der Waals surface area contributed by atoms with Crippen molar-refractivity contribution in [3.63, 3.8) is 0 Å². The molecule has 0 saturated carbocycles. The number of carbonyl (C=O) groups excluding carboxylic acids is 2. The van der Waals surface area contributed by atoms with Crippen molar-refractivity contribution in [3.05, 3.63) is 94.8 Å². The maximum atomic E-state index is 13.9. The molecule has 1 saturated heterocycles. The summed E-state index contributed by atoms with van der Waals surface area (Å²) in [7, 11) is 0.